The zero-order chi connectivity index (χ0) is 14.4. The maximum atomic E-state index is 11.7. The summed E-state index contributed by atoms with van der Waals surface area (Å²) in [5, 5.41) is 3.22. The van der Waals surface area contributed by atoms with E-state index in [1.165, 1.54) is 6.08 Å². The van der Waals surface area contributed by atoms with E-state index < -0.39 is 0 Å². The molecule has 1 N–H and O–H groups in total. The van der Waals surface area contributed by atoms with E-state index in [4.69, 9.17) is 11.6 Å². The van der Waals surface area contributed by atoms with Crippen LogP contribution in [0.15, 0.2) is 30.3 Å². The largest absolute Gasteiger partial charge is 0.343 e. The lowest BCUT2D eigenvalue weighted by atomic mass is 10.2. The lowest BCUT2D eigenvalue weighted by Crippen LogP contribution is -2.38. The Bertz CT molecular complexity index is 522. The number of amides is 2. The summed E-state index contributed by atoms with van der Waals surface area (Å²) >= 11 is 5.85. The summed E-state index contributed by atoms with van der Waals surface area (Å²) in [6.45, 7) is 1.65. The Labute approximate surface area is 123 Å². The number of benzene rings is 1. The lowest BCUT2D eigenvalue weighted by molar-refractivity contribution is -0.131. The topological polar surface area (TPSA) is 49.4 Å². The van der Waals surface area contributed by atoms with Gasteiger partial charge in [0.25, 0.3) is 0 Å². The van der Waals surface area contributed by atoms with E-state index in [1.807, 2.05) is 12.1 Å². The highest BCUT2D eigenvalue weighted by molar-refractivity contribution is 6.30. The molecule has 1 heterocycles. The molecule has 1 fully saturated rings. The second-order valence-electron chi connectivity index (χ2n) is 4.69. The number of hydrogen-bond acceptors (Lipinski definition) is 2. The van der Waals surface area contributed by atoms with Crippen molar-refractivity contribution >= 4 is 29.5 Å². The molecule has 0 atom stereocenters. The zero-order valence-electron chi connectivity index (χ0n) is 11.1. The number of halogens is 1. The predicted molar refractivity (Wildman–Crippen MR) is 79.3 cm³/mol. The number of carbonyl (C=O) groups is 2. The van der Waals surface area contributed by atoms with Gasteiger partial charge in [0.05, 0.1) is 6.54 Å². The fourth-order valence-electron chi connectivity index (χ4n) is 2.08. The van der Waals surface area contributed by atoms with Crippen molar-refractivity contribution in [1.82, 2.24) is 10.2 Å². The molecule has 1 saturated heterocycles. The average Bonchev–Trinajstić information content (AvgIpc) is 2.97. The molecule has 0 unspecified atom stereocenters. The number of rotatable bonds is 4. The van der Waals surface area contributed by atoms with E-state index in [1.54, 1.807) is 23.1 Å². The Balaban J connectivity index is 1.79. The van der Waals surface area contributed by atoms with E-state index in [2.05, 4.69) is 5.32 Å². The third-order valence-electron chi connectivity index (χ3n) is 3.15. The van der Waals surface area contributed by atoms with Gasteiger partial charge < -0.3 is 10.2 Å². The molecule has 0 spiro atoms. The van der Waals surface area contributed by atoms with Gasteiger partial charge in [-0.25, -0.2) is 0 Å². The standard InChI is InChI=1S/C15H17ClN2O2/c16-13-5-3-4-12(10-13)6-7-14(19)17-11-15(20)18-8-1-2-9-18/h3-7,10H,1-2,8-9,11H2,(H,17,19). The first kappa shape index (κ1) is 14.6. The van der Waals surface area contributed by atoms with Crippen molar-refractivity contribution in [3.05, 3.63) is 40.9 Å². The molecule has 2 rings (SSSR count). The van der Waals surface area contributed by atoms with Crippen LogP contribution in [-0.4, -0.2) is 36.3 Å². The second-order valence-corrected chi connectivity index (χ2v) is 5.13. The fourth-order valence-corrected chi connectivity index (χ4v) is 2.28. The van der Waals surface area contributed by atoms with Crippen LogP contribution in [0.2, 0.25) is 5.02 Å². The Morgan fingerprint density at radius 2 is 2.05 bits per heavy atom. The van der Waals surface area contributed by atoms with Crippen LogP contribution >= 0.6 is 11.6 Å². The number of carbonyl (C=O) groups excluding carboxylic acids is 2. The van der Waals surface area contributed by atoms with Gasteiger partial charge >= 0.3 is 0 Å². The third kappa shape index (κ3) is 4.38. The minimum atomic E-state index is -0.280. The molecule has 1 aromatic carbocycles. The Morgan fingerprint density at radius 3 is 2.75 bits per heavy atom. The molecule has 1 aliphatic heterocycles. The summed E-state index contributed by atoms with van der Waals surface area (Å²) in [6, 6.07) is 7.20. The smallest absolute Gasteiger partial charge is 0.244 e. The SMILES string of the molecule is O=C(C=Cc1cccc(Cl)c1)NCC(=O)N1CCCC1. The van der Waals surface area contributed by atoms with Crippen molar-refractivity contribution in [2.45, 2.75) is 12.8 Å². The van der Waals surface area contributed by atoms with Crippen molar-refractivity contribution < 1.29 is 9.59 Å². The van der Waals surface area contributed by atoms with Gasteiger partial charge in [-0.2, -0.15) is 0 Å². The summed E-state index contributed by atoms with van der Waals surface area (Å²) in [7, 11) is 0. The highest BCUT2D eigenvalue weighted by Gasteiger charge is 2.17. The summed E-state index contributed by atoms with van der Waals surface area (Å²) in [5.74, 6) is -0.301. The second kappa shape index (κ2) is 7.10. The molecule has 5 heteroatoms. The van der Waals surface area contributed by atoms with Crippen LogP contribution in [0.25, 0.3) is 6.08 Å². The van der Waals surface area contributed by atoms with Gasteiger partial charge in [0.1, 0.15) is 0 Å². The van der Waals surface area contributed by atoms with Crippen LogP contribution in [0.5, 0.6) is 0 Å². The minimum absolute atomic E-state index is 0.0213. The molecule has 0 bridgehead atoms. The molecule has 1 aromatic rings. The number of hydrogen-bond donors (Lipinski definition) is 1. The van der Waals surface area contributed by atoms with Crippen molar-refractivity contribution in [2.24, 2.45) is 0 Å². The molecule has 20 heavy (non-hydrogen) atoms. The number of likely N-dealkylation sites (tertiary alicyclic amines) is 1. The van der Waals surface area contributed by atoms with Crippen LogP contribution in [0, 0.1) is 0 Å². The van der Waals surface area contributed by atoms with Crippen LogP contribution in [0.1, 0.15) is 18.4 Å². The van der Waals surface area contributed by atoms with Gasteiger partial charge in [-0.1, -0.05) is 23.7 Å². The maximum absolute atomic E-state index is 11.7. The summed E-state index contributed by atoms with van der Waals surface area (Å²) in [4.78, 5) is 25.1. The minimum Gasteiger partial charge on any atom is -0.343 e. The summed E-state index contributed by atoms with van der Waals surface area (Å²) < 4.78 is 0. The van der Waals surface area contributed by atoms with E-state index in [0.717, 1.165) is 31.5 Å². The number of nitrogens with one attached hydrogen (secondary N) is 1. The zero-order valence-corrected chi connectivity index (χ0v) is 11.9. The van der Waals surface area contributed by atoms with Crippen molar-refractivity contribution in [1.29, 1.82) is 0 Å². The number of nitrogens with zero attached hydrogens (tertiary/aromatic N) is 1. The van der Waals surface area contributed by atoms with Crippen LogP contribution in [0.3, 0.4) is 0 Å². The average molecular weight is 293 g/mol. The third-order valence-corrected chi connectivity index (χ3v) is 3.38. The molecule has 106 valence electrons. The molecular weight excluding hydrogens is 276 g/mol. The Kier molecular flexibility index (Phi) is 5.18. The van der Waals surface area contributed by atoms with Gasteiger partial charge in [-0.15, -0.1) is 0 Å². The molecule has 1 aliphatic rings. The van der Waals surface area contributed by atoms with Gasteiger partial charge in [0.15, 0.2) is 0 Å². The van der Waals surface area contributed by atoms with Crippen LogP contribution < -0.4 is 5.32 Å². The highest BCUT2D eigenvalue weighted by Crippen LogP contribution is 2.11. The monoisotopic (exact) mass is 292 g/mol. The van der Waals surface area contributed by atoms with Crippen molar-refractivity contribution in [2.75, 3.05) is 19.6 Å². The molecule has 4 nitrogen and oxygen atoms in total. The Morgan fingerprint density at radius 1 is 1.30 bits per heavy atom. The first-order valence-electron chi connectivity index (χ1n) is 6.64. The first-order chi connectivity index (χ1) is 9.65. The Hall–Kier alpha value is -1.81. The van der Waals surface area contributed by atoms with Crippen molar-refractivity contribution in [3.63, 3.8) is 0 Å². The molecule has 0 aliphatic carbocycles. The van der Waals surface area contributed by atoms with Gasteiger partial charge in [-0.05, 0) is 36.6 Å². The molecular formula is C15H17ClN2O2. The maximum Gasteiger partial charge on any atom is 0.244 e. The molecule has 0 aromatic heterocycles. The van der Waals surface area contributed by atoms with E-state index in [0.29, 0.717) is 5.02 Å². The molecule has 2 amide bonds. The van der Waals surface area contributed by atoms with E-state index >= 15 is 0 Å². The molecule has 0 radical (unpaired) electrons. The van der Waals surface area contributed by atoms with E-state index in [-0.39, 0.29) is 18.4 Å². The first-order valence-corrected chi connectivity index (χ1v) is 7.02. The quantitative estimate of drug-likeness (QED) is 0.864. The highest BCUT2D eigenvalue weighted by atomic mass is 35.5. The van der Waals surface area contributed by atoms with Crippen molar-refractivity contribution in [3.8, 4) is 0 Å². The van der Waals surface area contributed by atoms with Crippen LogP contribution in [0.4, 0.5) is 0 Å². The normalized spacial score (nSPS) is 14.8. The molecule has 0 saturated carbocycles. The lowest BCUT2D eigenvalue weighted by Gasteiger charge is -2.14. The fraction of sp³-hybridized carbons (Fsp3) is 0.333. The summed E-state index contributed by atoms with van der Waals surface area (Å²) in [5.41, 5.74) is 0.846. The van der Waals surface area contributed by atoms with Gasteiger partial charge in [0, 0.05) is 24.2 Å². The predicted octanol–water partition coefficient (Wildman–Crippen LogP) is 2.09. The summed E-state index contributed by atoms with van der Waals surface area (Å²) in [6.07, 6.45) is 5.17. The van der Waals surface area contributed by atoms with Crippen LogP contribution in [-0.2, 0) is 9.59 Å². The van der Waals surface area contributed by atoms with E-state index in [9.17, 15) is 9.59 Å². The van der Waals surface area contributed by atoms with Gasteiger partial charge in [-0.3, -0.25) is 9.59 Å². The van der Waals surface area contributed by atoms with Gasteiger partial charge in [0.2, 0.25) is 11.8 Å².